The Labute approximate surface area is 116 Å². The van der Waals surface area contributed by atoms with Crippen molar-refractivity contribution in [1.82, 2.24) is 10.2 Å². The minimum atomic E-state index is 0.408. The van der Waals surface area contributed by atoms with Crippen LogP contribution in [-0.2, 0) is 0 Å². The summed E-state index contributed by atoms with van der Waals surface area (Å²) in [5.41, 5.74) is 1.32. The molecule has 0 fully saturated rings. The number of nitrogens with zero attached hydrogens (tertiary/aromatic N) is 1. The molecule has 0 amide bonds. The molecule has 2 atom stereocenters. The fourth-order valence-electron chi connectivity index (χ4n) is 2.18. The van der Waals surface area contributed by atoms with Crippen LogP contribution >= 0.6 is 11.6 Å². The fourth-order valence-corrected chi connectivity index (χ4v) is 2.31. The van der Waals surface area contributed by atoms with Crippen LogP contribution in [0.4, 0.5) is 0 Å². The highest BCUT2D eigenvalue weighted by atomic mass is 35.5. The van der Waals surface area contributed by atoms with Gasteiger partial charge in [-0.25, -0.2) is 0 Å². The lowest BCUT2D eigenvalue weighted by Crippen LogP contribution is -2.40. The number of hydrogen-bond acceptors (Lipinski definition) is 2. The molecule has 18 heavy (non-hydrogen) atoms. The van der Waals surface area contributed by atoms with Gasteiger partial charge in [-0.1, -0.05) is 37.6 Å². The van der Waals surface area contributed by atoms with Gasteiger partial charge in [0.25, 0.3) is 0 Å². The van der Waals surface area contributed by atoms with Gasteiger partial charge in [0, 0.05) is 23.7 Å². The van der Waals surface area contributed by atoms with E-state index in [0.29, 0.717) is 12.1 Å². The Morgan fingerprint density at radius 3 is 2.33 bits per heavy atom. The van der Waals surface area contributed by atoms with Crippen LogP contribution in [0.25, 0.3) is 0 Å². The highest BCUT2D eigenvalue weighted by Crippen LogP contribution is 2.23. The topological polar surface area (TPSA) is 15.3 Å². The Balaban J connectivity index is 2.68. The Bertz CT molecular complexity index is 337. The minimum absolute atomic E-state index is 0.408. The van der Waals surface area contributed by atoms with E-state index in [9.17, 15) is 0 Å². The van der Waals surface area contributed by atoms with Gasteiger partial charge in [-0.15, -0.1) is 0 Å². The van der Waals surface area contributed by atoms with Crippen LogP contribution in [0.2, 0.25) is 5.02 Å². The Morgan fingerprint density at radius 2 is 1.83 bits per heavy atom. The molecule has 0 aliphatic rings. The second-order valence-electron chi connectivity index (χ2n) is 4.76. The predicted octanol–water partition coefficient (Wildman–Crippen LogP) is 3.72. The molecule has 0 aliphatic heterocycles. The van der Waals surface area contributed by atoms with Gasteiger partial charge >= 0.3 is 0 Å². The third-order valence-corrected chi connectivity index (χ3v) is 3.89. The summed E-state index contributed by atoms with van der Waals surface area (Å²) in [6.45, 7) is 8.71. The van der Waals surface area contributed by atoms with E-state index in [2.05, 4.69) is 50.2 Å². The van der Waals surface area contributed by atoms with Gasteiger partial charge in [-0.05, 0) is 44.6 Å². The van der Waals surface area contributed by atoms with E-state index in [-0.39, 0.29) is 0 Å². The molecule has 0 aromatic heterocycles. The fraction of sp³-hybridized carbons (Fsp3) is 0.600. The van der Waals surface area contributed by atoms with Crippen LogP contribution in [0, 0.1) is 0 Å². The van der Waals surface area contributed by atoms with Crippen molar-refractivity contribution in [1.29, 1.82) is 0 Å². The van der Waals surface area contributed by atoms with E-state index in [1.54, 1.807) is 0 Å². The number of likely N-dealkylation sites (N-methyl/N-ethyl adjacent to an activating group) is 2. The first kappa shape index (κ1) is 15.5. The zero-order chi connectivity index (χ0) is 13.5. The third kappa shape index (κ3) is 4.27. The maximum absolute atomic E-state index is 5.93. The zero-order valence-corrected chi connectivity index (χ0v) is 12.7. The van der Waals surface area contributed by atoms with Gasteiger partial charge < -0.3 is 5.32 Å². The summed E-state index contributed by atoms with van der Waals surface area (Å²) in [6, 6.07) is 9.13. The Hall–Kier alpha value is -0.570. The van der Waals surface area contributed by atoms with Crippen molar-refractivity contribution in [3.8, 4) is 0 Å². The van der Waals surface area contributed by atoms with Crippen LogP contribution < -0.4 is 5.32 Å². The van der Waals surface area contributed by atoms with Gasteiger partial charge in [-0.2, -0.15) is 0 Å². The largest absolute Gasteiger partial charge is 0.315 e. The number of halogens is 1. The Kier molecular flexibility index (Phi) is 6.69. The van der Waals surface area contributed by atoms with Crippen molar-refractivity contribution < 1.29 is 0 Å². The van der Waals surface area contributed by atoms with Gasteiger partial charge in [0.05, 0.1) is 0 Å². The van der Waals surface area contributed by atoms with Crippen molar-refractivity contribution in [2.24, 2.45) is 0 Å². The molecule has 0 heterocycles. The van der Waals surface area contributed by atoms with Crippen LogP contribution in [-0.4, -0.2) is 31.1 Å². The van der Waals surface area contributed by atoms with Crippen molar-refractivity contribution in [3.05, 3.63) is 34.9 Å². The SMILES string of the molecule is CCNCC(CC)N(C)C(C)c1ccc(Cl)cc1. The maximum Gasteiger partial charge on any atom is 0.0406 e. The lowest BCUT2D eigenvalue weighted by Gasteiger charge is -2.33. The Morgan fingerprint density at radius 1 is 1.22 bits per heavy atom. The summed E-state index contributed by atoms with van der Waals surface area (Å²) in [4.78, 5) is 2.44. The molecule has 0 saturated carbocycles. The first-order valence-corrected chi connectivity index (χ1v) is 7.16. The highest BCUT2D eigenvalue weighted by Gasteiger charge is 2.19. The summed E-state index contributed by atoms with van der Waals surface area (Å²) in [5, 5.41) is 4.23. The molecule has 2 unspecified atom stereocenters. The second kappa shape index (κ2) is 7.78. The van der Waals surface area contributed by atoms with E-state index < -0.39 is 0 Å². The van der Waals surface area contributed by atoms with E-state index in [4.69, 9.17) is 11.6 Å². The molecule has 1 N–H and O–H groups in total. The lowest BCUT2D eigenvalue weighted by molar-refractivity contribution is 0.176. The molecule has 1 rings (SSSR count). The average Bonchev–Trinajstić information content (AvgIpc) is 2.39. The van der Waals surface area contributed by atoms with Gasteiger partial charge in [0.1, 0.15) is 0 Å². The quantitative estimate of drug-likeness (QED) is 0.811. The average molecular weight is 269 g/mol. The molecular formula is C15H25ClN2. The molecule has 0 spiro atoms. The number of nitrogens with one attached hydrogen (secondary N) is 1. The monoisotopic (exact) mass is 268 g/mol. The number of benzene rings is 1. The van der Waals surface area contributed by atoms with E-state index in [0.717, 1.165) is 24.5 Å². The number of hydrogen-bond donors (Lipinski definition) is 1. The zero-order valence-electron chi connectivity index (χ0n) is 11.9. The standard InChI is InChI=1S/C15H25ClN2/c1-5-15(11-17-6-2)18(4)12(3)13-7-9-14(16)10-8-13/h7-10,12,15,17H,5-6,11H2,1-4H3. The number of rotatable bonds is 7. The van der Waals surface area contributed by atoms with E-state index in [1.165, 1.54) is 5.56 Å². The third-order valence-electron chi connectivity index (χ3n) is 3.64. The van der Waals surface area contributed by atoms with Crippen molar-refractivity contribution in [2.45, 2.75) is 39.3 Å². The van der Waals surface area contributed by atoms with Crippen molar-refractivity contribution >= 4 is 11.6 Å². The molecule has 2 nitrogen and oxygen atoms in total. The van der Waals surface area contributed by atoms with Gasteiger partial charge in [0.2, 0.25) is 0 Å². The minimum Gasteiger partial charge on any atom is -0.315 e. The smallest absolute Gasteiger partial charge is 0.0406 e. The van der Waals surface area contributed by atoms with Gasteiger partial charge in [0.15, 0.2) is 0 Å². The molecule has 0 saturated heterocycles. The summed E-state index contributed by atoms with van der Waals surface area (Å²) < 4.78 is 0. The summed E-state index contributed by atoms with van der Waals surface area (Å²) in [5.74, 6) is 0. The normalized spacial score (nSPS) is 14.8. The second-order valence-corrected chi connectivity index (χ2v) is 5.20. The van der Waals surface area contributed by atoms with E-state index >= 15 is 0 Å². The molecule has 0 radical (unpaired) electrons. The molecule has 0 aliphatic carbocycles. The molecule has 102 valence electrons. The molecule has 1 aromatic carbocycles. The van der Waals surface area contributed by atoms with E-state index in [1.807, 2.05) is 12.1 Å². The first-order chi connectivity index (χ1) is 8.60. The predicted molar refractivity (Wildman–Crippen MR) is 80.3 cm³/mol. The van der Waals surface area contributed by atoms with Crippen molar-refractivity contribution in [3.63, 3.8) is 0 Å². The van der Waals surface area contributed by atoms with Gasteiger partial charge in [-0.3, -0.25) is 4.90 Å². The molecule has 1 aromatic rings. The van der Waals surface area contributed by atoms with Crippen LogP contribution in [0.3, 0.4) is 0 Å². The van der Waals surface area contributed by atoms with Crippen LogP contribution in [0.1, 0.15) is 38.8 Å². The molecule has 3 heteroatoms. The highest BCUT2D eigenvalue weighted by molar-refractivity contribution is 6.30. The molecular weight excluding hydrogens is 244 g/mol. The summed E-state index contributed by atoms with van der Waals surface area (Å²) in [6.07, 6.45) is 1.15. The lowest BCUT2D eigenvalue weighted by atomic mass is 10.0. The maximum atomic E-state index is 5.93. The molecule has 0 bridgehead atoms. The van der Waals surface area contributed by atoms with Crippen LogP contribution in [0.5, 0.6) is 0 Å². The first-order valence-electron chi connectivity index (χ1n) is 6.78. The van der Waals surface area contributed by atoms with Crippen LogP contribution in [0.15, 0.2) is 24.3 Å². The van der Waals surface area contributed by atoms with Crippen molar-refractivity contribution in [2.75, 3.05) is 20.1 Å². The summed E-state index contributed by atoms with van der Waals surface area (Å²) >= 11 is 5.93. The summed E-state index contributed by atoms with van der Waals surface area (Å²) in [7, 11) is 2.20.